The van der Waals surface area contributed by atoms with Crippen molar-refractivity contribution in [2.75, 3.05) is 17.2 Å². The maximum Gasteiger partial charge on any atom is 0.261 e. The number of amides is 1. The van der Waals surface area contributed by atoms with Crippen LogP contribution in [0.25, 0.3) is 10.2 Å². The van der Waals surface area contributed by atoms with Gasteiger partial charge in [0.2, 0.25) is 0 Å². The highest BCUT2D eigenvalue weighted by Gasteiger charge is 2.27. The van der Waals surface area contributed by atoms with Crippen molar-refractivity contribution in [3.8, 4) is 0 Å². The molecular weight excluding hydrogens is 420 g/mol. The summed E-state index contributed by atoms with van der Waals surface area (Å²) in [4.78, 5) is 19.8. The van der Waals surface area contributed by atoms with Crippen molar-refractivity contribution in [3.63, 3.8) is 0 Å². The molecule has 154 valence electrons. The number of hydrogen-bond acceptors (Lipinski definition) is 6. The van der Waals surface area contributed by atoms with Gasteiger partial charge < -0.3 is 0 Å². The molecule has 0 spiro atoms. The number of sulfone groups is 1. The molecule has 0 aliphatic heterocycles. The molecule has 4 rings (SSSR count). The van der Waals surface area contributed by atoms with Crippen molar-refractivity contribution in [3.05, 3.63) is 72.6 Å². The minimum absolute atomic E-state index is 0.0442. The first-order valence-electron chi connectivity index (χ1n) is 9.46. The molecule has 7 nitrogen and oxygen atoms in total. The van der Waals surface area contributed by atoms with E-state index in [4.69, 9.17) is 0 Å². The lowest BCUT2D eigenvalue weighted by molar-refractivity contribution is 0.0982. The Labute approximate surface area is 178 Å². The van der Waals surface area contributed by atoms with Gasteiger partial charge in [-0.3, -0.25) is 14.4 Å². The molecule has 9 heteroatoms. The molecule has 0 bridgehead atoms. The van der Waals surface area contributed by atoms with Gasteiger partial charge in [-0.1, -0.05) is 42.5 Å². The molecule has 0 atom stereocenters. The van der Waals surface area contributed by atoms with E-state index in [2.05, 4.69) is 10.1 Å². The van der Waals surface area contributed by atoms with E-state index in [1.54, 1.807) is 36.0 Å². The summed E-state index contributed by atoms with van der Waals surface area (Å²) in [6.07, 6.45) is 3.49. The van der Waals surface area contributed by atoms with E-state index in [0.717, 1.165) is 10.2 Å². The van der Waals surface area contributed by atoms with Crippen LogP contribution in [0.15, 0.2) is 71.9 Å². The molecule has 4 aromatic rings. The Balaban J connectivity index is 1.77. The van der Waals surface area contributed by atoms with Gasteiger partial charge in [0.1, 0.15) is 0 Å². The van der Waals surface area contributed by atoms with Gasteiger partial charge in [-0.15, -0.1) is 0 Å². The predicted octanol–water partition coefficient (Wildman–Crippen LogP) is 3.63. The highest BCUT2D eigenvalue weighted by molar-refractivity contribution is 7.91. The van der Waals surface area contributed by atoms with Crippen LogP contribution in [0.5, 0.6) is 0 Å². The number of anilines is 1. The summed E-state index contributed by atoms with van der Waals surface area (Å²) in [5, 5.41) is 4.72. The second kappa shape index (κ2) is 8.37. The minimum Gasteiger partial charge on any atom is -0.282 e. The van der Waals surface area contributed by atoms with Crippen molar-refractivity contribution in [1.82, 2.24) is 14.8 Å². The lowest BCUT2D eigenvalue weighted by Crippen LogP contribution is -2.35. The first-order chi connectivity index (χ1) is 14.5. The molecule has 0 aliphatic rings. The fourth-order valence-corrected chi connectivity index (χ4v) is 5.19. The number of rotatable bonds is 7. The van der Waals surface area contributed by atoms with Crippen molar-refractivity contribution < 1.29 is 13.2 Å². The second-order valence-electron chi connectivity index (χ2n) is 6.59. The van der Waals surface area contributed by atoms with Gasteiger partial charge in [0.25, 0.3) is 5.91 Å². The van der Waals surface area contributed by atoms with E-state index in [9.17, 15) is 13.2 Å². The van der Waals surface area contributed by atoms with Gasteiger partial charge in [-0.25, -0.2) is 13.4 Å². The number of carbonyl (C=O) groups is 1. The summed E-state index contributed by atoms with van der Waals surface area (Å²) in [7, 11) is -3.55. The average molecular weight is 441 g/mol. The number of para-hydroxylation sites is 1. The minimum atomic E-state index is -3.55. The van der Waals surface area contributed by atoms with Crippen LogP contribution < -0.4 is 4.90 Å². The fraction of sp³-hybridized carbons (Fsp3) is 0.190. The molecule has 0 saturated carbocycles. The van der Waals surface area contributed by atoms with Crippen LogP contribution in [-0.4, -0.2) is 41.4 Å². The van der Waals surface area contributed by atoms with Crippen LogP contribution in [0, 0.1) is 0 Å². The standard InChI is InChI=1S/C21H20N4O3S2/c1-2-30(27,28)19-11-6-3-8-16(19)20(26)25(15-14-24-13-7-12-22-24)21-23-17-9-4-5-10-18(17)29-21/h3-13H,2,14-15H2,1H3. The van der Waals surface area contributed by atoms with Crippen LogP contribution in [0.4, 0.5) is 5.13 Å². The van der Waals surface area contributed by atoms with Gasteiger partial charge in [0.05, 0.1) is 33.0 Å². The van der Waals surface area contributed by atoms with Crippen molar-refractivity contribution >= 4 is 42.4 Å². The normalized spacial score (nSPS) is 11.6. The number of nitrogens with zero attached hydrogens (tertiary/aromatic N) is 4. The van der Waals surface area contributed by atoms with E-state index >= 15 is 0 Å². The van der Waals surface area contributed by atoms with Crippen molar-refractivity contribution in [1.29, 1.82) is 0 Å². The zero-order valence-electron chi connectivity index (χ0n) is 16.3. The van der Waals surface area contributed by atoms with E-state index in [1.165, 1.54) is 22.3 Å². The van der Waals surface area contributed by atoms with Gasteiger partial charge in [-0.05, 0) is 30.3 Å². The fourth-order valence-electron chi connectivity index (χ4n) is 3.11. The molecule has 30 heavy (non-hydrogen) atoms. The molecular formula is C21H20N4O3S2. The molecule has 2 heterocycles. The SMILES string of the molecule is CCS(=O)(=O)c1ccccc1C(=O)N(CCn1cccn1)c1nc2ccccc2s1. The Kier molecular flexibility index (Phi) is 5.65. The third kappa shape index (κ3) is 3.99. The summed E-state index contributed by atoms with van der Waals surface area (Å²) in [5.74, 6) is -0.472. The Morgan fingerprint density at radius 1 is 1.10 bits per heavy atom. The van der Waals surface area contributed by atoms with E-state index in [1.807, 2.05) is 36.5 Å². The molecule has 0 fully saturated rings. The average Bonchev–Trinajstić information content (AvgIpc) is 3.43. The summed E-state index contributed by atoms with van der Waals surface area (Å²) < 4.78 is 27.8. The number of benzene rings is 2. The molecule has 0 saturated heterocycles. The van der Waals surface area contributed by atoms with E-state index in [-0.39, 0.29) is 16.2 Å². The Hall–Kier alpha value is -3.04. The summed E-state index contributed by atoms with van der Waals surface area (Å²) in [6.45, 7) is 2.33. The zero-order valence-corrected chi connectivity index (χ0v) is 17.9. The predicted molar refractivity (Wildman–Crippen MR) is 118 cm³/mol. The summed E-state index contributed by atoms with van der Waals surface area (Å²) in [5.41, 5.74) is 0.947. The number of aromatic nitrogens is 3. The van der Waals surface area contributed by atoms with Crippen LogP contribution >= 0.6 is 11.3 Å². The highest BCUT2D eigenvalue weighted by atomic mass is 32.2. The number of carbonyl (C=O) groups excluding carboxylic acids is 1. The Morgan fingerprint density at radius 2 is 1.87 bits per heavy atom. The maximum atomic E-state index is 13.6. The highest BCUT2D eigenvalue weighted by Crippen LogP contribution is 2.30. The Morgan fingerprint density at radius 3 is 2.60 bits per heavy atom. The smallest absolute Gasteiger partial charge is 0.261 e. The number of fused-ring (bicyclic) bond motifs is 1. The molecule has 0 unspecified atom stereocenters. The van der Waals surface area contributed by atoms with Crippen LogP contribution in [0.3, 0.4) is 0 Å². The summed E-state index contributed by atoms with van der Waals surface area (Å²) >= 11 is 1.40. The van der Waals surface area contributed by atoms with E-state index in [0.29, 0.717) is 18.2 Å². The largest absolute Gasteiger partial charge is 0.282 e. The number of hydrogen-bond donors (Lipinski definition) is 0. The van der Waals surface area contributed by atoms with Gasteiger partial charge >= 0.3 is 0 Å². The summed E-state index contributed by atoms with van der Waals surface area (Å²) in [6, 6.07) is 15.8. The van der Waals surface area contributed by atoms with Gasteiger partial charge in [0, 0.05) is 18.9 Å². The third-order valence-electron chi connectivity index (χ3n) is 4.70. The lowest BCUT2D eigenvalue weighted by Gasteiger charge is -2.21. The lowest BCUT2D eigenvalue weighted by atomic mass is 10.2. The molecule has 1 amide bonds. The first kappa shape index (κ1) is 20.2. The van der Waals surface area contributed by atoms with Gasteiger partial charge in [-0.2, -0.15) is 5.10 Å². The van der Waals surface area contributed by atoms with Crippen molar-refractivity contribution in [2.24, 2.45) is 0 Å². The molecule has 0 radical (unpaired) electrons. The van der Waals surface area contributed by atoms with Gasteiger partial charge in [0.15, 0.2) is 15.0 Å². The third-order valence-corrected chi connectivity index (χ3v) is 7.55. The molecule has 2 aromatic carbocycles. The monoisotopic (exact) mass is 440 g/mol. The zero-order chi connectivity index (χ0) is 21.1. The van der Waals surface area contributed by atoms with E-state index < -0.39 is 15.7 Å². The van der Waals surface area contributed by atoms with Crippen LogP contribution in [0.2, 0.25) is 0 Å². The van der Waals surface area contributed by atoms with Crippen LogP contribution in [-0.2, 0) is 16.4 Å². The molecule has 2 aromatic heterocycles. The maximum absolute atomic E-state index is 13.6. The first-order valence-corrected chi connectivity index (χ1v) is 11.9. The number of thiazole rings is 1. The van der Waals surface area contributed by atoms with Crippen LogP contribution in [0.1, 0.15) is 17.3 Å². The second-order valence-corrected chi connectivity index (χ2v) is 9.85. The van der Waals surface area contributed by atoms with Crippen molar-refractivity contribution in [2.45, 2.75) is 18.4 Å². The topological polar surface area (TPSA) is 85.2 Å². The molecule has 0 N–H and O–H groups in total. The quantitative estimate of drug-likeness (QED) is 0.438. The molecule has 0 aliphatic carbocycles. The Bertz CT molecular complexity index is 1250.